The van der Waals surface area contributed by atoms with E-state index in [4.69, 9.17) is 16.3 Å². The minimum atomic E-state index is 0.0503. The van der Waals surface area contributed by atoms with Crippen LogP contribution in [-0.4, -0.2) is 7.11 Å². The molecule has 18 heavy (non-hydrogen) atoms. The van der Waals surface area contributed by atoms with Crippen molar-refractivity contribution in [3.63, 3.8) is 0 Å². The molecular formula is C15H20BrClO. The van der Waals surface area contributed by atoms with E-state index in [0.717, 1.165) is 15.8 Å². The third-order valence-corrected chi connectivity index (χ3v) is 5.52. The van der Waals surface area contributed by atoms with Gasteiger partial charge in [-0.1, -0.05) is 35.7 Å². The number of ether oxygens (including phenoxy) is 1. The Morgan fingerprint density at radius 1 is 1.39 bits per heavy atom. The Labute approximate surface area is 123 Å². The molecular weight excluding hydrogens is 312 g/mol. The maximum absolute atomic E-state index is 6.71. The van der Waals surface area contributed by atoms with Crippen LogP contribution < -0.4 is 4.74 Å². The number of hydrogen-bond acceptors (Lipinski definition) is 1. The van der Waals surface area contributed by atoms with Crippen LogP contribution in [0.15, 0.2) is 16.6 Å². The van der Waals surface area contributed by atoms with Gasteiger partial charge in [-0.15, -0.1) is 11.6 Å². The second-order valence-electron chi connectivity index (χ2n) is 5.32. The molecule has 1 aromatic rings. The van der Waals surface area contributed by atoms with E-state index in [1.54, 1.807) is 7.11 Å². The normalized spacial score (nSPS) is 25.2. The van der Waals surface area contributed by atoms with Crippen LogP contribution in [-0.2, 0) is 0 Å². The van der Waals surface area contributed by atoms with Crippen molar-refractivity contribution in [1.82, 2.24) is 0 Å². The SMILES string of the molecule is COc1cc(C)c(Br)cc1C(Cl)C1CCCC1C. The number of methoxy groups -OCH3 is 1. The van der Waals surface area contributed by atoms with Crippen molar-refractivity contribution in [1.29, 1.82) is 0 Å². The summed E-state index contributed by atoms with van der Waals surface area (Å²) in [7, 11) is 1.72. The second kappa shape index (κ2) is 5.83. The van der Waals surface area contributed by atoms with Crippen LogP contribution >= 0.6 is 27.5 Å². The summed E-state index contributed by atoms with van der Waals surface area (Å²) in [6, 6.07) is 4.19. The van der Waals surface area contributed by atoms with Gasteiger partial charge in [0.1, 0.15) is 5.75 Å². The lowest BCUT2D eigenvalue weighted by Gasteiger charge is -2.24. The van der Waals surface area contributed by atoms with Crippen molar-refractivity contribution >= 4 is 27.5 Å². The first kappa shape index (κ1) is 14.2. The molecule has 3 unspecified atom stereocenters. The van der Waals surface area contributed by atoms with Gasteiger partial charge in [-0.05, 0) is 42.9 Å². The lowest BCUT2D eigenvalue weighted by molar-refractivity contribution is 0.379. The zero-order valence-electron chi connectivity index (χ0n) is 11.2. The highest BCUT2D eigenvalue weighted by molar-refractivity contribution is 9.10. The van der Waals surface area contributed by atoms with Crippen molar-refractivity contribution in [3.05, 3.63) is 27.7 Å². The molecule has 3 heteroatoms. The third kappa shape index (κ3) is 2.70. The molecule has 2 rings (SSSR count). The van der Waals surface area contributed by atoms with E-state index in [0.29, 0.717) is 11.8 Å². The van der Waals surface area contributed by atoms with Crippen molar-refractivity contribution in [2.24, 2.45) is 11.8 Å². The molecule has 1 fully saturated rings. The molecule has 0 saturated heterocycles. The van der Waals surface area contributed by atoms with E-state index < -0.39 is 0 Å². The van der Waals surface area contributed by atoms with Crippen molar-refractivity contribution in [3.8, 4) is 5.75 Å². The number of halogens is 2. The minimum absolute atomic E-state index is 0.0503. The highest BCUT2D eigenvalue weighted by Gasteiger charge is 2.32. The molecule has 100 valence electrons. The molecule has 0 heterocycles. The van der Waals surface area contributed by atoms with Crippen LogP contribution in [0.2, 0.25) is 0 Å². The quantitative estimate of drug-likeness (QED) is 0.666. The Bertz CT molecular complexity index is 433. The Hall–Kier alpha value is -0.210. The van der Waals surface area contributed by atoms with E-state index >= 15 is 0 Å². The minimum Gasteiger partial charge on any atom is -0.496 e. The standard InChI is InChI=1S/C15H20BrClO/c1-9-5-4-6-11(9)15(17)12-8-13(16)10(2)7-14(12)18-3/h7-9,11,15H,4-6H2,1-3H3. The average Bonchev–Trinajstić information content (AvgIpc) is 2.77. The van der Waals surface area contributed by atoms with Gasteiger partial charge in [-0.25, -0.2) is 0 Å². The van der Waals surface area contributed by atoms with Gasteiger partial charge in [0.25, 0.3) is 0 Å². The third-order valence-electron chi connectivity index (χ3n) is 4.11. The lowest BCUT2D eigenvalue weighted by atomic mass is 9.89. The van der Waals surface area contributed by atoms with Gasteiger partial charge in [-0.3, -0.25) is 0 Å². The maximum Gasteiger partial charge on any atom is 0.123 e. The monoisotopic (exact) mass is 330 g/mol. The molecule has 0 amide bonds. The first-order valence-electron chi connectivity index (χ1n) is 6.52. The van der Waals surface area contributed by atoms with E-state index in [1.165, 1.54) is 24.8 Å². The van der Waals surface area contributed by atoms with Gasteiger partial charge in [-0.2, -0.15) is 0 Å². The van der Waals surface area contributed by atoms with Crippen LogP contribution in [0, 0.1) is 18.8 Å². The average molecular weight is 332 g/mol. The summed E-state index contributed by atoms with van der Waals surface area (Å²) in [5, 5.41) is 0.0503. The number of rotatable bonds is 3. The van der Waals surface area contributed by atoms with Crippen LogP contribution in [0.25, 0.3) is 0 Å². The van der Waals surface area contributed by atoms with E-state index in [1.807, 2.05) is 0 Å². The number of aryl methyl sites for hydroxylation is 1. The fourth-order valence-electron chi connectivity index (χ4n) is 2.90. The van der Waals surface area contributed by atoms with E-state index in [9.17, 15) is 0 Å². The summed E-state index contributed by atoms with van der Waals surface area (Å²) in [4.78, 5) is 0. The van der Waals surface area contributed by atoms with Gasteiger partial charge in [0.15, 0.2) is 0 Å². The molecule has 1 aliphatic rings. The largest absolute Gasteiger partial charge is 0.496 e. The van der Waals surface area contributed by atoms with Crippen LogP contribution in [0.3, 0.4) is 0 Å². The van der Waals surface area contributed by atoms with Gasteiger partial charge < -0.3 is 4.74 Å². The molecule has 0 aliphatic heterocycles. The highest BCUT2D eigenvalue weighted by atomic mass is 79.9. The Morgan fingerprint density at radius 2 is 2.11 bits per heavy atom. The molecule has 1 aromatic carbocycles. The van der Waals surface area contributed by atoms with Crippen LogP contribution in [0.5, 0.6) is 5.75 Å². The Balaban J connectivity index is 2.34. The summed E-state index contributed by atoms with van der Waals surface area (Å²) in [5.74, 6) is 2.18. The van der Waals surface area contributed by atoms with Crippen LogP contribution in [0.4, 0.5) is 0 Å². The van der Waals surface area contributed by atoms with Crippen molar-refractivity contribution in [2.75, 3.05) is 7.11 Å². The number of hydrogen-bond donors (Lipinski definition) is 0. The predicted octanol–water partition coefficient (Wildman–Crippen LogP) is 5.48. The fourth-order valence-corrected chi connectivity index (χ4v) is 3.81. The fraction of sp³-hybridized carbons (Fsp3) is 0.600. The maximum atomic E-state index is 6.71. The molecule has 0 N–H and O–H groups in total. The van der Waals surface area contributed by atoms with Gasteiger partial charge in [0, 0.05) is 10.0 Å². The summed E-state index contributed by atoms with van der Waals surface area (Å²) >= 11 is 10.3. The Morgan fingerprint density at radius 3 is 2.67 bits per heavy atom. The molecule has 0 radical (unpaired) electrons. The molecule has 0 bridgehead atoms. The van der Waals surface area contributed by atoms with Crippen molar-refractivity contribution in [2.45, 2.75) is 38.5 Å². The second-order valence-corrected chi connectivity index (χ2v) is 6.64. The first-order valence-corrected chi connectivity index (χ1v) is 7.75. The number of benzene rings is 1. The molecule has 0 aromatic heterocycles. The molecule has 1 aliphatic carbocycles. The molecule has 0 spiro atoms. The zero-order valence-corrected chi connectivity index (χ0v) is 13.5. The predicted molar refractivity (Wildman–Crippen MR) is 80.5 cm³/mol. The van der Waals surface area contributed by atoms with Crippen molar-refractivity contribution < 1.29 is 4.74 Å². The topological polar surface area (TPSA) is 9.23 Å². The van der Waals surface area contributed by atoms with E-state index in [2.05, 4.69) is 41.9 Å². The Kier molecular flexibility index (Phi) is 4.60. The molecule has 1 nitrogen and oxygen atoms in total. The summed E-state index contributed by atoms with van der Waals surface area (Å²) in [5.41, 5.74) is 2.30. The highest BCUT2D eigenvalue weighted by Crippen LogP contribution is 2.46. The zero-order chi connectivity index (χ0) is 13.3. The molecule has 1 saturated carbocycles. The van der Waals surface area contributed by atoms with E-state index in [-0.39, 0.29) is 5.38 Å². The van der Waals surface area contributed by atoms with Gasteiger partial charge >= 0.3 is 0 Å². The van der Waals surface area contributed by atoms with Crippen LogP contribution in [0.1, 0.15) is 42.7 Å². The first-order chi connectivity index (χ1) is 8.54. The van der Waals surface area contributed by atoms with Gasteiger partial charge in [0.05, 0.1) is 12.5 Å². The summed E-state index contributed by atoms with van der Waals surface area (Å²) in [6.45, 7) is 4.38. The molecule has 3 atom stereocenters. The number of alkyl halides is 1. The summed E-state index contributed by atoms with van der Waals surface area (Å²) < 4.78 is 6.60. The summed E-state index contributed by atoms with van der Waals surface area (Å²) in [6.07, 6.45) is 3.82. The van der Waals surface area contributed by atoms with Gasteiger partial charge in [0.2, 0.25) is 0 Å². The lowest BCUT2D eigenvalue weighted by Crippen LogP contribution is -2.12. The smallest absolute Gasteiger partial charge is 0.123 e.